The van der Waals surface area contributed by atoms with Gasteiger partial charge in [-0.05, 0) is 64.2 Å². The van der Waals surface area contributed by atoms with Crippen LogP contribution in [0.4, 0.5) is 0 Å². The van der Waals surface area contributed by atoms with Crippen LogP contribution in [0.1, 0.15) is 290 Å². The number of unbranched alkanes of at least 4 members (excludes halogenated alkanes) is 37. The molecule has 0 rings (SSSR count). The highest BCUT2D eigenvalue weighted by molar-refractivity contribution is 5.76. The summed E-state index contributed by atoms with van der Waals surface area (Å²) in [5, 5.41) is 22.9. The van der Waals surface area contributed by atoms with Crippen LogP contribution in [0.2, 0.25) is 0 Å². The van der Waals surface area contributed by atoms with Crippen LogP contribution in [-0.4, -0.2) is 34.9 Å². The number of amides is 1. The maximum atomic E-state index is 12.4. The molecule has 1 amide bonds. The van der Waals surface area contributed by atoms with Gasteiger partial charge in [0.1, 0.15) is 0 Å². The minimum Gasteiger partial charge on any atom is -0.394 e. The fraction of sp³-hybridized carbons (Fsp3) is 0.842. The highest BCUT2D eigenvalue weighted by Gasteiger charge is 2.18. The third-order valence-corrected chi connectivity index (χ3v) is 12.5. The first kappa shape index (κ1) is 59.4. The van der Waals surface area contributed by atoms with Crippen molar-refractivity contribution in [3.8, 4) is 0 Å². The van der Waals surface area contributed by atoms with Gasteiger partial charge < -0.3 is 15.5 Å². The number of aliphatic hydroxyl groups excluding tert-OH is 2. The summed E-state index contributed by atoms with van der Waals surface area (Å²) in [6.07, 6.45) is 73.0. The summed E-state index contributed by atoms with van der Waals surface area (Å²) in [7, 11) is 0. The van der Waals surface area contributed by atoms with E-state index in [1.807, 2.05) is 6.08 Å². The molecule has 0 radical (unpaired) electrons. The number of allylic oxidation sites excluding steroid dienone is 7. The van der Waals surface area contributed by atoms with Crippen molar-refractivity contribution in [2.45, 2.75) is 302 Å². The van der Waals surface area contributed by atoms with Crippen molar-refractivity contribution in [1.82, 2.24) is 5.32 Å². The number of aliphatic hydroxyl groups is 2. The fourth-order valence-corrected chi connectivity index (χ4v) is 8.34. The topological polar surface area (TPSA) is 69.6 Å². The molecule has 0 heterocycles. The largest absolute Gasteiger partial charge is 0.394 e. The molecule has 0 aromatic rings. The van der Waals surface area contributed by atoms with Gasteiger partial charge in [-0.15, -0.1) is 0 Å². The fourth-order valence-electron chi connectivity index (χ4n) is 8.34. The van der Waals surface area contributed by atoms with Gasteiger partial charge in [0.2, 0.25) is 5.91 Å². The lowest BCUT2D eigenvalue weighted by Crippen LogP contribution is -2.45. The van der Waals surface area contributed by atoms with Gasteiger partial charge in [-0.25, -0.2) is 0 Å². The first-order valence-electron chi connectivity index (χ1n) is 27.4. The molecule has 4 heteroatoms. The van der Waals surface area contributed by atoms with E-state index in [1.54, 1.807) is 6.08 Å². The van der Waals surface area contributed by atoms with E-state index in [9.17, 15) is 15.0 Å². The third-order valence-electron chi connectivity index (χ3n) is 12.5. The molecule has 358 valence electrons. The van der Waals surface area contributed by atoms with Crippen LogP contribution >= 0.6 is 0 Å². The number of hydrogen-bond donors (Lipinski definition) is 3. The van der Waals surface area contributed by atoms with Crippen LogP contribution in [0.25, 0.3) is 0 Å². The Balaban J connectivity index is 3.36. The van der Waals surface area contributed by atoms with E-state index in [4.69, 9.17) is 0 Å². The van der Waals surface area contributed by atoms with Crippen molar-refractivity contribution in [3.63, 3.8) is 0 Å². The molecule has 0 saturated heterocycles. The second-order valence-electron chi connectivity index (χ2n) is 18.6. The van der Waals surface area contributed by atoms with E-state index < -0.39 is 12.1 Å². The van der Waals surface area contributed by atoms with Gasteiger partial charge in [-0.2, -0.15) is 0 Å². The zero-order chi connectivity index (χ0) is 44.2. The molecule has 0 aromatic carbocycles. The molecule has 2 atom stereocenters. The van der Waals surface area contributed by atoms with Crippen molar-refractivity contribution < 1.29 is 15.0 Å². The molecule has 4 nitrogen and oxygen atoms in total. The summed E-state index contributed by atoms with van der Waals surface area (Å²) in [6, 6.07) is -0.635. The molecule has 0 aromatic heterocycles. The summed E-state index contributed by atoms with van der Waals surface area (Å²) in [6.45, 7) is 4.26. The molecule has 3 N–H and O–H groups in total. The number of carbonyl (C=O) groups excluding carboxylic acids is 1. The highest BCUT2D eigenvalue weighted by atomic mass is 16.3. The molecule has 0 aliphatic heterocycles. The number of rotatable bonds is 50. The van der Waals surface area contributed by atoms with E-state index in [0.717, 1.165) is 38.5 Å². The van der Waals surface area contributed by atoms with E-state index in [-0.39, 0.29) is 12.5 Å². The predicted octanol–water partition coefficient (Wildman–Crippen LogP) is 17.9. The Labute approximate surface area is 382 Å². The zero-order valence-electron chi connectivity index (χ0n) is 41.2. The average Bonchev–Trinajstić information content (AvgIpc) is 3.26. The van der Waals surface area contributed by atoms with Gasteiger partial charge in [0.25, 0.3) is 0 Å². The van der Waals surface area contributed by atoms with Crippen LogP contribution in [0.15, 0.2) is 48.6 Å². The molecule has 0 spiro atoms. The quantitative estimate of drug-likeness (QED) is 0.0422. The Morgan fingerprint density at radius 3 is 1.07 bits per heavy atom. The summed E-state index contributed by atoms with van der Waals surface area (Å²) in [5.41, 5.74) is 0. The molecule has 0 saturated carbocycles. The minimum absolute atomic E-state index is 0.0722. The predicted molar refractivity (Wildman–Crippen MR) is 271 cm³/mol. The van der Waals surface area contributed by atoms with E-state index in [2.05, 4.69) is 55.6 Å². The molecule has 2 unspecified atom stereocenters. The van der Waals surface area contributed by atoms with Gasteiger partial charge >= 0.3 is 0 Å². The maximum absolute atomic E-state index is 12.4. The molecule has 0 aliphatic rings. The molecule has 61 heavy (non-hydrogen) atoms. The smallest absolute Gasteiger partial charge is 0.220 e. The van der Waals surface area contributed by atoms with E-state index in [1.165, 1.54) is 231 Å². The lowest BCUT2D eigenvalue weighted by atomic mass is 10.0. The van der Waals surface area contributed by atoms with Crippen LogP contribution in [0, 0.1) is 0 Å². The SMILES string of the molecule is CCCCCC/C=C/CC/C=C/C(O)C(CO)NC(=O)CCCCCCCCCCCCCCCCCCCCCCCCCCCCC/C=C\C/C=C\CCCCCCC. The molecular weight excluding hydrogens is 747 g/mol. The third kappa shape index (κ3) is 49.2. The normalized spacial score (nSPS) is 13.2. The summed E-state index contributed by atoms with van der Waals surface area (Å²) in [4.78, 5) is 12.4. The number of carbonyl (C=O) groups is 1. The Morgan fingerprint density at radius 2 is 0.689 bits per heavy atom. The Bertz CT molecular complexity index is 970. The standard InChI is InChI=1S/C57H107NO3/c1-3-5-7-9-11-13-15-16-17-18-19-20-21-22-23-24-25-26-27-28-29-30-31-32-33-34-35-36-37-38-39-40-41-42-43-45-47-49-51-53-57(61)58-55(54-59)56(60)52-50-48-46-44-14-12-10-8-6-4-2/h14-16,18-19,44,50,52,55-56,59-60H,3-13,17,20-43,45-49,51,53-54H2,1-2H3,(H,58,61)/b16-15-,19-18-,44-14+,52-50+. The Kier molecular flexibility index (Phi) is 51.3. The lowest BCUT2D eigenvalue weighted by molar-refractivity contribution is -0.123. The number of nitrogens with one attached hydrogen (secondary N) is 1. The van der Waals surface area contributed by atoms with E-state index >= 15 is 0 Å². The van der Waals surface area contributed by atoms with Gasteiger partial charge in [-0.1, -0.05) is 268 Å². The lowest BCUT2D eigenvalue weighted by Gasteiger charge is -2.19. The van der Waals surface area contributed by atoms with Gasteiger partial charge in [0, 0.05) is 6.42 Å². The monoisotopic (exact) mass is 854 g/mol. The zero-order valence-corrected chi connectivity index (χ0v) is 41.2. The first-order chi connectivity index (χ1) is 30.2. The summed E-state index contributed by atoms with van der Waals surface area (Å²) in [5.74, 6) is -0.0722. The van der Waals surface area contributed by atoms with Crippen LogP contribution in [0.3, 0.4) is 0 Å². The number of hydrogen-bond acceptors (Lipinski definition) is 3. The van der Waals surface area contributed by atoms with Crippen LogP contribution in [0.5, 0.6) is 0 Å². The van der Waals surface area contributed by atoms with Crippen LogP contribution in [-0.2, 0) is 4.79 Å². The Morgan fingerprint density at radius 1 is 0.393 bits per heavy atom. The molecule has 0 fully saturated rings. The van der Waals surface area contributed by atoms with Crippen molar-refractivity contribution in [1.29, 1.82) is 0 Å². The minimum atomic E-state index is -0.858. The van der Waals surface area contributed by atoms with Crippen molar-refractivity contribution >= 4 is 5.91 Å². The second-order valence-corrected chi connectivity index (χ2v) is 18.6. The van der Waals surface area contributed by atoms with E-state index in [0.29, 0.717) is 6.42 Å². The summed E-state index contributed by atoms with van der Waals surface area (Å²) >= 11 is 0. The molecule has 0 bridgehead atoms. The molecular formula is C57H107NO3. The van der Waals surface area contributed by atoms with Crippen molar-refractivity contribution in [2.24, 2.45) is 0 Å². The van der Waals surface area contributed by atoms with Crippen molar-refractivity contribution in [2.75, 3.05) is 6.61 Å². The van der Waals surface area contributed by atoms with Crippen LogP contribution < -0.4 is 5.32 Å². The summed E-state index contributed by atoms with van der Waals surface area (Å²) < 4.78 is 0. The van der Waals surface area contributed by atoms with Crippen molar-refractivity contribution in [3.05, 3.63) is 48.6 Å². The van der Waals surface area contributed by atoms with Gasteiger partial charge in [0.05, 0.1) is 18.8 Å². The Hall–Kier alpha value is -1.65. The highest BCUT2D eigenvalue weighted by Crippen LogP contribution is 2.17. The first-order valence-corrected chi connectivity index (χ1v) is 27.4. The van der Waals surface area contributed by atoms with Gasteiger partial charge in [0.15, 0.2) is 0 Å². The van der Waals surface area contributed by atoms with Gasteiger partial charge in [-0.3, -0.25) is 4.79 Å². The molecule has 0 aliphatic carbocycles. The average molecular weight is 854 g/mol. The maximum Gasteiger partial charge on any atom is 0.220 e. The second kappa shape index (κ2) is 52.7.